The zero-order valence-electron chi connectivity index (χ0n) is 17.7. The minimum Gasteiger partial charge on any atom is -0.481 e. The number of amides is 1. The minimum atomic E-state index is -3.83. The van der Waals surface area contributed by atoms with Crippen molar-refractivity contribution in [2.45, 2.75) is 18.6 Å². The summed E-state index contributed by atoms with van der Waals surface area (Å²) in [6, 6.07) is 6.94. The van der Waals surface area contributed by atoms with E-state index in [1.807, 2.05) is 0 Å². The highest BCUT2D eigenvalue weighted by Gasteiger charge is 2.25. The van der Waals surface area contributed by atoms with Crippen molar-refractivity contribution in [2.24, 2.45) is 0 Å². The maximum absolute atomic E-state index is 13.4. The number of sulfonamides is 1. The van der Waals surface area contributed by atoms with Gasteiger partial charge in [0.05, 0.1) is 16.6 Å². The third kappa shape index (κ3) is 5.62. The van der Waals surface area contributed by atoms with E-state index in [0.717, 1.165) is 0 Å². The van der Waals surface area contributed by atoms with Crippen molar-refractivity contribution in [3.63, 3.8) is 0 Å². The number of rotatable bonds is 10. The molecular weight excluding hydrogens is 453 g/mol. The molecule has 0 fully saturated rings. The van der Waals surface area contributed by atoms with E-state index >= 15 is 0 Å². The zero-order valence-corrected chi connectivity index (χ0v) is 18.5. The van der Waals surface area contributed by atoms with Gasteiger partial charge in [0.2, 0.25) is 15.7 Å². The van der Waals surface area contributed by atoms with Gasteiger partial charge in [0.1, 0.15) is 17.3 Å². The van der Waals surface area contributed by atoms with Crippen LogP contribution < -0.4 is 10.0 Å². The maximum Gasteiger partial charge on any atom is 0.303 e. The van der Waals surface area contributed by atoms with Gasteiger partial charge in [-0.15, -0.1) is 0 Å². The molecule has 1 aromatic carbocycles. The van der Waals surface area contributed by atoms with Gasteiger partial charge in [-0.05, 0) is 42.3 Å². The summed E-state index contributed by atoms with van der Waals surface area (Å²) in [5.74, 6) is -2.26. The zero-order chi connectivity index (χ0) is 24.2. The Hall–Kier alpha value is -3.57. The number of benzene rings is 1. The molecule has 3 rings (SSSR count). The van der Waals surface area contributed by atoms with Crippen LogP contribution in [0.3, 0.4) is 0 Å². The molecule has 3 N–H and O–H groups in total. The first-order chi connectivity index (χ1) is 15.6. The van der Waals surface area contributed by atoms with Gasteiger partial charge in [0, 0.05) is 25.6 Å². The number of hydrogen-bond acceptors (Lipinski definition) is 6. The van der Waals surface area contributed by atoms with E-state index in [1.165, 1.54) is 37.4 Å². The van der Waals surface area contributed by atoms with Crippen molar-refractivity contribution in [1.29, 1.82) is 0 Å². The summed E-state index contributed by atoms with van der Waals surface area (Å²) >= 11 is 0. The summed E-state index contributed by atoms with van der Waals surface area (Å²) in [7, 11) is -2.38. The van der Waals surface area contributed by atoms with E-state index in [9.17, 15) is 22.4 Å². The number of carbonyl (C=O) groups is 2. The molecular formula is C22H22FN3O6S. The summed E-state index contributed by atoms with van der Waals surface area (Å²) in [5, 5.41) is 11.5. The van der Waals surface area contributed by atoms with Gasteiger partial charge in [-0.3, -0.25) is 9.59 Å². The Labute approximate surface area is 189 Å². The Morgan fingerprint density at radius 1 is 1.27 bits per heavy atom. The molecule has 0 spiro atoms. The average molecular weight is 475 g/mol. The fraction of sp³-hybridized carbons (Fsp3) is 0.227. The standard InChI is InChI=1S/C22H22FN3O6S/c1-3-13-11-16-19(21(29)24-2)20(14-6-8-15(23)9-7-14)32-22(16)26-17(13)12-33(30,31)25-10-4-5-18(27)28/h3,6-9,11,25H,1,4-5,10,12H2,2H3,(H,24,29)(H,27,28). The van der Waals surface area contributed by atoms with Gasteiger partial charge < -0.3 is 14.8 Å². The molecule has 2 aromatic heterocycles. The van der Waals surface area contributed by atoms with Crippen LogP contribution in [0.2, 0.25) is 0 Å². The SMILES string of the molecule is C=Cc1cc2c(C(=O)NC)c(-c3ccc(F)cc3)oc2nc1CS(=O)(=O)NCCCC(=O)O. The molecule has 11 heteroatoms. The number of aliphatic carboxylic acids is 1. The molecule has 0 unspecified atom stereocenters. The lowest BCUT2D eigenvalue weighted by atomic mass is 10.0. The molecule has 3 aromatic rings. The van der Waals surface area contributed by atoms with Crippen LogP contribution in [0.15, 0.2) is 41.3 Å². The van der Waals surface area contributed by atoms with Crippen LogP contribution in [0.5, 0.6) is 0 Å². The van der Waals surface area contributed by atoms with Crippen LogP contribution in [0, 0.1) is 5.82 Å². The molecule has 0 bridgehead atoms. The van der Waals surface area contributed by atoms with Crippen LogP contribution in [0.25, 0.3) is 28.5 Å². The van der Waals surface area contributed by atoms with Crippen molar-refractivity contribution in [2.75, 3.05) is 13.6 Å². The molecule has 0 atom stereocenters. The third-order valence-electron chi connectivity index (χ3n) is 4.79. The number of nitrogens with one attached hydrogen (secondary N) is 2. The number of halogens is 1. The first kappa shape index (κ1) is 24.1. The molecule has 2 heterocycles. The Balaban J connectivity index is 2.03. The van der Waals surface area contributed by atoms with E-state index in [4.69, 9.17) is 9.52 Å². The van der Waals surface area contributed by atoms with Gasteiger partial charge in [0.15, 0.2) is 0 Å². The Bertz CT molecular complexity index is 1320. The Morgan fingerprint density at radius 3 is 2.58 bits per heavy atom. The third-order valence-corrected chi connectivity index (χ3v) is 6.09. The Morgan fingerprint density at radius 2 is 1.97 bits per heavy atom. The Kier molecular flexibility index (Phi) is 7.24. The summed E-state index contributed by atoms with van der Waals surface area (Å²) in [6.07, 6.45) is 1.40. The number of pyridine rings is 1. The van der Waals surface area contributed by atoms with Crippen LogP contribution in [-0.2, 0) is 20.6 Å². The summed E-state index contributed by atoms with van der Waals surface area (Å²) in [4.78, 5) is 27.5. The van der Waals surface area contributed by atoms with Crippen LogP contribution in [-0.4, -0.2) is 44.0 Å². The van der Waals surface area contributed by atoms with Gasteiger partial charge in [-0.2, -0.15) is 0 Å². The molecule has 33 heavy (non-hydrogen) atoms. The van der Waals surface area contributed by atoms with Gasteiger partial charge >= 0.3 is 5.97 Å². The first-order valence-corrected chi connectivity index (χ1v) is 11.6. The minimum absolute atomic E-state index is 0.0312. The number of hydrogen-bond donors (Lipinski definition) is 3. The highest BCUT2D eigenvalue weighted by molar-refractivity contribution is 7.88. The number of aromatic nitrogens is 1. The van der Waals surface area contributed by atoms with Crippen LogP contribution in [0.4, 0.5) is 4.39 Å². The topological polar surface area (TPSA) is 139 Å². The summed E-state index contributed by atoms with van der Waals surface area (Å²) in [6.45, 7) is 3.67. The van der Waals surface area contributed by atoms with Crippen LogP contribution in [0.1, 0.15) is 34.5 Å². The molecule has 0 aliphatic rings. The fourth-order valence-corrected chi connectivity index (χ4v) is 4.37. The summed E-state index contributed by atoms with van der Waals surface area (Å²) < 4.78 is 46.5. The number of carboxylic acid groups (broad SMARTS) is 1. The highest BCUT2D eigenvalue weighted by Crippen LogP contribution is 2.34. The molecule has 0 saturated carbocycles. The fourth-order valence-electron chi connectivity index (χ4n) is 3.22. The van der Waals surface area contributed by atoms with Gasteiger partial charge in [0.25, 0.3) is 5.91 Å². The molecule has 0 aliphatic carbocycles. The van der Waals surface area contributed by atoms with Gasteiger partial charge in [-0.1, -0.05) is 12.7 Å². The number of fused-ring (bicyclic) bond motifs is 1. The lowest BCUT2D eigenvalue weighted by Gasteiger charge is -2.08. The quantitative estimate of drug-likeness (QED) is 0.383. The van der Waals surface area contributed by atoms with Crippen molar-refractivity contribution in [3.05, 3.63) is 59.5 Å². The largest absolute Gasteiger partial charge is 0.481 e. The molecule has 0 radical (unpaired) electrons. The molecule has 174 valence electrons. The van der Waals surface area contributed by atoms with E-state index < -0.39 is 33.5 Å². The van der Waals surface area contributed by atoms with Crippen molar-refractivity contribution < 1.29 is 31.9 Å². The monoisotopic (exact) mass is 475 g/mol. The van der Waals surface area contributed by atoms with Crippen molar-refractivity contribution in [1.82, 2.24) is 15.0 Å². The van der Waals surface area contributed by atoms with E-state index in [-0.39, 0.29) is 42.1 Å². The smallest absolute Gasteiger partial charge is 0.303 e. The number of carbonyl (C=O) groups excluding carboxylic acids is 1. The second kappa shape index (κ2) is 9.92. The summed E-state index contributed by atoms with van der Waals surface area (Å²) in [5.41, 5.74) is 1.19. The number of carboxylic acids is 1. The van der Waals surface area contributed by atoms with E-state index in [1.54, 1.807) is 6.07 Å². The first-order valence-electron chi connectivity index (χ1n) is 9.91. The van der Waals surface area contributed by atoms with Gasteiger partial charge in [-0.25, -0.2) is 22.5 Å². The molecule has 0 aliphatic heterocycles. The number of furan rings is 1. The lowest BCUT2D eigenvalue weighted by Crippen LogP contribution is -2.27. The number of nitrogens with zero attached hydrogens (tertiary/aromatic N) is 1. The second-order valence-corrected chi connectivity index (χ2v) is 8.93. The second-order valence-electron chi connectivity index (χ2n) is 7.12. The predicted molar refractivity (Wildman–Crippen MR) is 120 cm³/mol. The van der Waals surface area contributed by atoms with Crippen molar-refractivity contribution in [3.8, 4) is 11.3 Å². The molecule has 0 saturated heterocycles. The molecule has 1 amide bonds. The average Bonchev–Trinajstić information content (AvgIpc) is 3.14. The van der Waals surface area contributed by atoms with Crippen LogP contribution >= 0.6 is 0 Å². The van der Waals surface area contributed by atoms with E-state index in [2.05, 4.69) is 21.6 Å². The lowest BCUT2D eigenvalue weighted by molar-refractivity contribution is -0.137. The normalized spacial score (nSPS) is 11.5. The maximum atomic E-state index is 13.4. The molecule has 9 nitrogen and oxygen atoms in total. The predicted octanol–water partition coefficient (Wildman–Crippen LogP) is 2.92. The van der Waals surface area contributed by atoms with E-state index in [0.29, 0.717) is 16.5 Å². The highest BCUT2D eigenvalue weighted by atomic mass is 32.2. The van der Waals surface area contributed by atoms with Crippen molar-refractivity contribution >= 4 is 39.1 Å².